The summed E-state index contributed by atoms with van der Waals surface area (Å²) >= 11 is 5.79. The van der Waals surface area contributed by atoms with E-state index >= 15 is 0 Å². The van der Waals surface area contributed by atoms with Crippen LogP contribution >= 0.6 is 11.6 Å². The van der Waals surface area contributed by atoms with Crippen molar-refractivity contribution in [3.63, 3.8) is 0 Å². The van der Waals surface area contributed by atoms with Crippen LogP contribution in [0.4, 0.5) is 17.6 Å². The number of ether oxygens (including phenoxy) is 1. The van der Waals surface area contributed by atoms with E-state index < -0.39 is 35.5 Å². The molecule has 1 aliphatic heterocycles. The van der Waals surface area contributed by atoms with Crippen LogP contribution in [0.1, 0.15) is 27.9 Å². The van der Waals surface area contributed by atoms with Crippen molar-refractivity contribution in [3.05, 3.63) is 82.1 Å². The van der Waals surface area contributed by atoms with Crippen molar-refractivity contribution in [2.45, 2.75) is 18.2 Å². The van der Waals surface area contributed by atoms with Crippen molar-refractivity contribution in [1.29, 1.82) is 0 Å². The van der Waals surface area contributed by atoms with Gasteiger partial charge in [0.25, 0.3) is 5.60 Å². The van der Waals surface area contributed by atoms with Crippen molar-refractivity contribution in [1.82, 2.24) is 0 Å². The summed E-state index contributed by atoms with van der Waals surface area (Å²) in [5.74, 6) is -1.50. The zero-order chi connectivity index (χ0) is 22.4. The molecule has 0 aliphatic carbocycles. The molecule has 0 saturated heterocycles. The molecular formula is C22H14ClF4NO3. The van der Waals surface area contributed by atoms with Gasteiger partial charge in [0, 0.05) is 22.6 Å². The fourth-order valence-electron chi connectivity index (χ4n) is 3.67. The number of carbonyl (C=O) groups is 1. The Balaban J connectivity index is 1.83. The highest BCUT2D eigenvalue weighted by Crippen LogP contribution is 2.49. The van der Waals surface area contributed by atoms with E-state index in [9.17, 15) is 22.4 Å². The average molecular weight is 452 g/mol. The van der Waals surface area contributed by atoms with Gasteiger partial charge in [0.05, 0.1) is 18.4 Å². The molecule has 3 aromatic carbocycles. The molecule has 0 saturated carbocycles. The van der Waals surface area contributed by atoms with Crippen LogP contribution in [0, 0.1) is 5.82 Å². The Morgan fingerprint density at radius 3 is 2.48 bits per heavy atom. The Kier molecular flexibility index (Phi) is 5.13. The van der Waals surface area contributed by atoms with Gasteiger partial charge in [0.2, 0.25) is 0 Å². The van der Waals surface area contributed by atoms with Crippen molar-refractivity contribution in [2.24, 2.45) is 5.16 Å². The lowest BCUT2D eigenvalue weighted by Crippen LogP contribution is -2.42. The van der Waals surface area contributed by atoms with Gasteiger partial charge in [0.1, 0.15) is 5.82 Å². The number of hydrogen-bond donors (Lipinski definition) is 0. The molecule has 160 valence electrons. The minimum Gasteiger partial charge on any atom is -0.465 e. The Bertz CT molecular complexity index is 1200. The monoisotopic (exact) mass is 451 g/mol. The molecule has 0 radical (unpaired) electrons. The summed E-state index contributed by atoms with van der Waals surface area (Å²) in [6, 6.07) is 12.3. The zero-order valence-corrected chi connectivity index (χ0v) is 16.7. The number of oxime groups is 1. The number of esters is 1. The Hall–Kier alpha value is -3.13. The minimum absolute atomic E-state index is 0.00493. The molecule has 1 aliphatic rings. The third kappa shape index (κ3) is 3.50. The first-order valence-corrected chi connectivity index (χ1v) is 9.43. The number of carbonyl (C=O) groups excluding carboxylic acids is 1. The molecule has 0 fully saturated rings. The number of nitrogens with zero attached hydrogens (tertiary/aromatic N) is 1. The van der Waals surface area contributed by atoms with Gasteiger partial charge >= 0.3 is 12.1 Å². The van der Waals surface area contributed by atoms with Crippen LogP contribution in [-0.4, -0.2) is 25.0 Å². The predicted molar refractivity (Wildman–Crippen MR) is 107 cm³/mol. The number of benzene rings is 3. The molecule has 4 rings (SSSR count). The predicted octanol–water partition coefficient (Wildman–Crippen LogP) is 6.00. The number of rotatable bonds is 3. The number of methoxy groups -OCH3 is 1. The second-order valence-electron chi connectivity index (χ2n) is 6.99. The average Bonchev–Trinajstić information content (AvgIpc) is 3.18. The first-order chi connectivity index (χ1) is 14.7. The van der Waals surface area contributed by atoms with Gasteiger partial charge in [0.15, 0.2) is 0 Å². The maximum Gasteiger partial charge on any atom is 0.435 e. The summed E-state index contributed by atoms with van der Waals surface area (Å²) in [6.45, 7) is 0. The van der Waals surface area contributed by atoms with E-state index in [1.165, 1.54) is 19.2 Å². The molecule has 0 spiro atoms. The van der Waals surface area contributed by atoms with E-state index in [0.717, 1.165) is 18.2 Å². The number of hydrogen-bond acceptors (Lipinski definition) is 4. The van der Waals surface area contributed by atoms with Crippen LogP contribution in [-0.2, 0) is 15.2 Å². The van der Waals surface area contributed by atoms with E-state index in [1.54, 1.807) is 24.3 Å². The van der Waals surface area contributed by atoms with Gasteiger partial charge < -0.3 is 9.57 Å². The number of halogens is 5. The maximum atomic E-state index is 14.2. The topological polar surface area (TPSA) is 47.9 Å². The van der Waals surface area contributed by atoms with E-state index in [2.05, 4.69) is 5.16 Å². The van der Waals surface area contributed by atoms with Gasteiger partial charge in [-0.2, -0.15) is 13.2 Å². The quantitative estimate of drug-likeness (QED) is 0.362. The molecule has 0 N–H and O–H groups in total. The second kappa shape index (κ2) is 7.53. The largest absolute Gasteiger partial charge is 0.465 e. The summed E-state index contributed by atoms with van der Waals surface area (Å²) in [5.41, 5.74) is -2.75. The summed E-state index contributed by atoms with van der Waals surface area (Å²) < 4.78 is 61.1. The van der Waals surface area contributed by atoms with Crippen LogP contribution in [0.25, 0.3) is 10.8 Å². The molecule has 1 atom stereocenters. The minimum atomic E-state index is -4.91. The second-order valence-corrected chi connectivity index (χ2v) is 7.42. The van der Waals surface area contributed by atoms with Gasteiger partial charge in [-0.05, 0) is 35.0 Å². The molecule has 0 aromatic heterocycles. The van der Waals surface area contributed by atoms with Crippen molar-refractivity contribution < 1.29 is 31.9 Å². The Labute approximate surface area is 179 Å². The standard InChI is InChI=1S/C22H14ClF4NO3/c1-30-20(29)18-7-6-17(15-4-2-3-5-16(15)18)19-11-21(31-28-19,22(25,26)27)12-8-13(23)10-14(24)9-12/h2-10H,11H2,1H3. The van der Waals surface area contributed by atoms with Crippen molar-refractivity contribution in [2.75, 3.05) is 7.11 Å². The van der Waals surface area contributed by atoms with Crippen LogP contribution in [0.5, 0.6) is 0 Å². The number of alkyl halides is 3. The summed E-state index contributed by atoms with van der Waals surface area (Å²) in [4.78, 5) is 17.0. The van der Waals surface area contributed by atoms with E-state index in [4.69, 9.17) is 21.2 Å². The lowest BCUT2D eigenvalue weighted by atomic mass is 9.85. The van der Waals surface area contributed by atoms with Gasteiger partial charge in [-0.15, -0.1) is 0 Å². The lowest BCUT2D eigenvalue weighted by molar-refractivity contribution is -0.275. The summed E-state index contributed by atoms with van der Waals surface area (Å²) in [6.07, 6.45) is -5.60. The Morgan fingerprint density at radius 1 is 1.13 bits per heavy atom. The molecule has 31 heavy (non-hydrogen) atoms. The fraction of sp³-hybridized carbons (Fsp3) is 0.182. The van der Waals surface area contributed by atoms with Gasteiger partial charge in [-0.3, -0.25) is 0 Å². The smallest absolute Gasteiger partial charge is 0.435 e. The zero-order valence-electron chi connectivity index (χ0n) is 16.0. The summed E-state index contributed by atoms with van der Waals surface area (Å²) in [5, 5.41) is 4.53. The molecule has 0 bridgehead atoms. The van der Waals surface area contributed by atoms with Crippen LogP contribution < -0.4 is 0 Å². The van der Waals surface area contributed by atoms with E-state index in [1.807, 2.05) is 0 Å². The fourth-order valence-corrected chi connectivity index (χ4v) is 3.90. The van der Waals surface area contributed by atoms with Gasteiger partial charge in [-0.25, -0.2) is 9.18 Å². The molecule has 1 heterocycles. The van der Waals surface area contributed by atoms with E-state index in [0.29, 0.717) is 16.3 Å². The Morgan fingerprint density at radius 2 is 1.84 bits per heavy atom. The van der Waals surface area contributed by atoms with Crippen LogP contribution in [0.3, 0.4) is 0 Å². The first-order valence-electron chi connectivity index (χ1n) is 9.05. The molecular weight excluding hydrogens is 438 g/mol. The number of fused-ring (bicyclic) bond motifs is 1. The highest BCUT2D eigenvalue weighted by atomic mass is 35.5. The molecule has 4 nitrogen and oxygen atoms in total. The van der Waals surface area contributed by atoms with Crippen molar-refractivity contribution in [3.8, 4) is 0 Å². The molecule has 0 amide bonds. The third-order valence-electron chi connectivity index (χ3n) is 5.16. The van der Waals surface area contributed by atoms with Gasteiger partial charge in [-0.1, -0.05) is 47.1 Å². The van der Waals surface area contributed by atoms with Crippen molar-refractivity contribution >= 4 is 34.1 Å². The molecule has 3 aromatic rings. The van der Waals surface area contributed by atoms with E-state index in [-0.39, 0.29) is 16.3 Å². The molecule has 9 heteroatoms. The molecule has 1 unspecified atom stereocenters. The third-order valence-corrected chi connectivity index (χ3v) is 5.37. The highest BCUT2D eigenvalue weighted by molar-refractivity contribution is 6.30. The maximum absolute atomic E-state index is 14.2. The van der Waals surface area contributed by atoms with Crippen LogP contribution in [0.15, 0.2) is 59.8 Å². The first kappa shape index (κ1) is 21.1. The summed E-state index contributed by atoms with van der Waals surface area (Å²) in [7, 11) is 1.24. The lowest BCUT2D eigenvalue weighted by Gasteiger charge is -2.29. The van der Waals surface area contributed by atoms with Crippen LogP contribution in [0.2, 0.25) is 5.02 Å². The normalized spacial score (nSPS) is 18.6. The SMILES string of the molecule is COC(=O)c1ccc(C2=NOC(c3cc(F)cc(Cl)c3)(C(F)(F)F)C2)c2ccccc12. The highest BCUT2D eigenvalue weighted by Gasteiger charge is 2.62.